The molecule has 1 saturated carbocycles. The average Bonchev–Trinajstić information content (AvgIpc) is 2.44. The van der Waals surface area contributed by atoms with Crippen molar-refractivity contribution in [1.82, 2.24) is 0 Å². The zero-order valence-electron chi connectivity index (χ0n) is 14.2. The predicted molar refractivity (Wildman–Crippen MR) is 83.9 cm³/mol. The zero-order chi connectivity index (χ0) is 15.8. The van der Waals surface area contributed by atoms with Crippen molar-refractivity contribution in [3.8, 4) is 0 Å². The van der Waals surface area contributed by atoms with Crippen LogP contribution in [0.1, 0.15) is 47.0 Å². The molecule has 0 aromatic carbocycles. The largest absolute Gasteiger partial charge is 0.356 e. The molecule has 0 N–H and O–H groups in total. The van der Waals surface area contributed by atoms with Crippen LogP contribution in [-0.2, 0) is 14.3 Å². The van der Waals surface area contributed by atoms with Gasteiger partial charge in [-0.2, -0.15) is 0 Å². The van der Waals surface area contributed by atoms with Gasteiger partial charge in [-0.15, -0.1) is 0 Å². The number of ketones is 1. The first-order valence-corrected chi connectivity index (χ1v) is 7.79. The van der Waals surface area contributed by atoms with E-state index in [0.717, 1.165) is 19.3 Å². The summed E-state index contributed by atoms with van der Waals surface area (Å²) in [5.74, 6) is 0.620. The fraction of sp³-hybridized carbons (Fsp3) is 0.722. The highest BCUT2D eigenvalue weighted by Crippen LogP contribution is 2.59. The molecule has 0 saturated heterocycles. The molecule has 3 atom stereocenters. The molecule has 21 heavy (non-hydrogen) atoms. The Kier molecular flexibility index (Phi) is 4.46. The van der Waals surface area contributed by atoms with Crippen molar-refractivity contribution in [2.75, 3.05) is 14.2 Å². The van der Waals surface area contributed by atoms with Crippen molar-refractivity contribution in [2.45, 2.75) is 53.2 Å². The van der Waals surface area contributed by atoms with Crippen LogP contribution in [0, 0.1) is 16.7 Å². The number of hydrogen-bond donors (Lipinski definition) is 0. The third kappa shape index (κ3) is 2.62. The summed E-state index contributed by atoms with van der Waals surface area (Å²) in [6.07, 6.45) is 6.47. The molecule has 1 fully saturated rings. The lowest BCUT2D eigenvalue weighted by atomic mass is 9.51. The smallest absolute Gasteiger partial charge is 0.178 e. The molecule has 0 bridgehead atoms. The van der Waals surface area contributed by atoms with Crippen molar-refractivity contribution in [3.05, 3.63) is 23.3 Å². The molecule has 118 valence electrons. The summed E-state index contributed by atoms with van der Waals surface area (Å²) in [6.45, 7) is 8.90. The van der Waals surface area contributed by atoms with E-state index in [2.05, 4.69) is 27.7 Å². The van der Waals surface area contributed by atoms with Crippen molar-refractivity contribution in [1.29, 1.82) is 0 Å². The molecule has 2 aliphatic carbocycles. The van der Waals surface area contributed by atoms with Crippen LogP contribution >= 0.6 is 0 Å². The van der Waals surface area contributed by atoms with Crippen LogP contribution in [0.3, 0.4) is 0 Å². The van der Waals surface area contributed by atoms with Gasteiger partial charge in [0.1, 0.15) is 0 Å². The summed E-state index contributed by atoms with van der Waals surface area (Å²) in [6, 6.07) is 0. The first-order chi connectivity index (χ1) is 9.77. The lowest BCUT2D eigenvalue weighted by molar-refractivity contribution is -0.130. The van der Waals surface area contributed by atoms with E-state index in [-0.39, 0.29) is 22.9 Å². The molecule has 3 nitrogen and oxygen atoms in total. The Morgan fingerprint density at radius 3 is 2.48 bits per heavy atom. The number of ether oxygens (including phenoxy) is 2. The first-order valence-electron chi connectivity index (χ1n) is 7.79. The third-order valence-electron chi connectivity index (χ3n) is 6.01. The molecule has 0 aliphatic heterocycles. The van der Waals surface area contributed by atoms with Crippen molar-refractivity contribution >= 4 is 5.78 Å². The Hall–Kier alpha value is -0.930. The van der Waals surface area contributed by atoms with Crippen LogP contribution in [0.4, 0.5) is 0 Å². The van der Waals surface area contributed by atoms with E-state index in [4.69, 9.17) is 9.47 Å². The van der Waals surface area contributed by atoms with E-state index in [1.807, 2.05) is 6.08 Å². The van der Waals surface area contributed by atoms with Gasteiger partial charge in [-0.25, -0.2) is 0 Å². The summed E-state index contributed by atoms with van der Waals surface area (Å²) in [5.41, 5.74) is 2.38. The molecule has 0 aromatic rings. The Morgan fingerprint density at radius 1 is 1.29 bits per heavy atom. The number of carbonyl (C=O) groups is 1. The van der Waals surface area contributed by atoms with Gasteiger partial charge in [0, 0.05) is 26.1 Å². The predicted octanol–water partition coefficient (Wildman–Crippen LogP) is 3.89. The van der Waals surface area contributed by atoms with Crippen LogP contribution in [0.25, 0.3) is 0 Å². The normalized spacial score (nSPS) is 36.3. The van der Waals surface area contributed by atoms with E-state index >= 15 is 0 Å². The van der Waals surface area contributed by atoms with Gasteiger partial charge < -0.3 is 9.47 Å². The van der Waals surface area contributed by atoms with Gasteiger partial charge in [-0.3, -0.25) is 4.79 Å². The van der Waals surface area contributed by atoms with Crippen molar-refractivity contribution in [3.63, 3.8) is 0 Å². The number of allylic oxidation sites excluding steroid dienone is 4. The molecule has 0 unspecified atom stereocenters. The SMILES string of the molecule is COC(C[C@]1(C)C2=CC(=O)C=C(C)[C@]2(C)CC[C@H]1C)OC. The van der Waals surface area contributed by atoms with Gasteiger partial charge in [0.05, 0.1) is 0 Å². The van der Waals surface area contributed by atoms with Gasteiger partial charge in [0.25, 0.3) is 0 Å². The second kappa shape index (κ2) is 5.69. The summed E-state index contributed by atoms with van der Waals surface area (Å²) in [7, 11) is 3.35. The zero-order valence-corrected chi connectivity index (χ0v) is 14.2. The molecule has 0 aromatic heterocycles. The Bertz CT molecular complexity index is 487. The summed E-state index contributed by atoms with van der Waals surface area (Å²) >= 11 is 0. The third-order valence-corrected chi connectivity index (χ3v) is 6.01. The fourth-order valence-corrected chi connectivity index (χ4v) is 4.06. The Balaban J connectivity index is 2.45. The quantitative estimate of drug-likeness (QED) is 0.737. The molecule has 0 heterocycles. The maximum absolute atomic E-state index is 12.1. The monoisotopic (exact) mass is 292 g/mol. The molecule has 3 heteroatoms. The fourth-order valence-electron chi connectivity index (χ4n) is 4.06. The number of methoxy groups -OCH3 is 2. The van der Waals surface area contributed by atoms with Gasteiger partial charge >= 0.3 is 0 Å². The van der Waals surface area contributed by atoms with E-state index in [9.17, 15) is 4.79 Å². The van der Waals surface area contributed by atoms with Gasteiger partial charge in [0.15, 0.2) is 12.1 Å². The van der Waals surface area contributed by atoms with Gasteiger partial charge in [0.2, 0.25) is 0 Å². The minimum absolute atomic E-state index is 0.00119. The molecule has 0 radical (unpaired) electrons. The second-order valence-electron chi connectivity index (χ2n) is 7.08. The number of hydrogen-bond acceptors (Lipinski definition) is 3. The summed E-state index contributed by atoms with van der Waals surface area (Å²) < 4.78 is 10.9. The summed E-state index contributed by atoms with van der Waals surface area (Å²) in [4.78, 5) is 12.1. The minimum atomic E-state index is -0.234. The maximum atomic E-state index is 12.1. The van der Waals surface area contributed by atoms with Crippen LogP contribution in [0.5, 0.6) is 0 Å². The highest BCUT2D eigenvalue weighted by atomic mass is 16.7. The molecular weight excluding hydrogens is 264 g/mol. The Labute approximate surface area is 128 Å². The Morgan fingerprint density at radius 2 is 1.90 bits per heavy atom. The van der Waals surface area contributed by atoms with Gasteiger partial charge in [-0.05, 0) is 48.8 Å². The topological polar surface area (TPSA) is 35.5 Å². The maximum Gasteiger partial charge on any atom is 0.178 e. The molecule has 2 aliphatic rings. The van der Waals surface area contributed by atoms with Crippen LogP contribution in [0.15, 0.2) is 23.3 Å². The van der Waals surface area contributed by atoms with Crippen molar-refractivity contribution in [2.24, 2.45) is 16.7 Å². The summed E-state index contributed by atoms with van der Waals surface area (Å²) in [5, 5.41) is 0. The molecule has 0 spiro atoms. The highest BCUT2D eigenvalue weighted by molar-refractivity contribution is 6.02. The van der Waals surface area contributed by atoms with Crippen LogP contribution in [-0.4, -0.2) is 26.3 Å². The number of rotatable bonds is 4. The van der Waals surface area contributed by atoms with Crippen LogP contribution in [0.2, 0.25) is 0 Å². The highest BCUT2D eigenvalue weighted by Gasteiger charge is 2.50. The number of carbonyl (C=O) groups excluding carboxylic acids is 1. The second-order valence-corrected chi connectivity index (χ2v) is 7.08. The first kappa shape index (κ1) is 16.4. The molecular formula is C18H28O3. The van der Waals surface area contributed by atoms with E-state index in [0.29, 0.717) is 5.92 Å². The van der Waals surface area contributed by atoms with E-state index in [1.165, 1.54) is 11.1 Å². The molecule has 0 amide bonds. The standard InChI is InChI=1S/C18H28O3/c1-12-7-8-17(3)13(2)9-14(19)10-15(17)18(12,4)11-16(20-5)21-6/h9-10,12,16H,7-8,11H2,1-6H3/t12-,17+,18+/m1/s1. The molecule has 2 rings (SSSR count). The van der Waals surface area contributed by atoms with E-state index < -0.39 is 0 Å². The van der Waals surface area contributed by atoms with Crippen LogP contribution < -0.4 is 0 Å². The average molecular weight is 292 g/mol. The number of fused-ring (bicyclic) bond motifs is 1. The van der Waals surface area contributed by atoms with Gasteiger partial charge in [-0.1, -0.05) is 26.3 Å². The van der Waals surface area contributed by atoms with Crippen molar-refractivity contribution < 1.29 is 14.3 Å². The lowest BCUT2D eigenvalue weighted by Crippen LogP contribution is -2.45. The minimum Gasteiger partial charge on any atom is -0.356 e. The van der Waals surface area contributed by atoms with E-state index in [1.54, 1.807) is 20.3 Å². The lowest BCUT2D eigenvalue weighted by Gasteiger charge is -2.53.